The first-order chi connectivity index (χ1) is 8.74. The molecule has 0 radical (unpaired) electrons. The summed E-state index contributed by atoms with van der Waals surface area (Å²) in [5.41, 5.74) is 0. The molecule has 1 rings (SSSR count). The van der Waals surface area contributed by atoms with Crippen molar-refractivity contribution in [2.45, 2.75) is 90.3 Å². The maximum Gasteiger partial charge on any atom is 0.0591 e. The molecule has 1 N–H and O–H groups in total. The van der Waals surface area contributed by atoms with Crippen molar-refractivity contribution in [3.05, 3.63) is 0 Å². The highest BCUT2D eigenvalue weighted by Gasteiger charge is 2.27. The van der Waals surface area contributed by atoms with Gasteiger partial charge in [-0.15, -0.1) is 0 Å². The second-order valence-electron chi connectivity index (χ2n) is 5.97. The van der Waals surface area contributed by atoms with Crippen LogP contribution in [0.15, 0.2) is 0 Å². The fraction of sp³-hybridized carbons (Fsp3) is 1.00. The summed E-state index contributed by atoms with van der Waals surface area (Å²) in [6.07, 6.45) is 12.9. The van der Waals surface area contributed by atoms with Gasteiger partial charge in [0.25, 0.3) is 0 Å². The first-order valence-electron chi connectivity index (χ1n) is 8.03. The fourth-order valence-corrected chi connectivity index (χ4v) is 2.84. The molecule has 0 aliphatic carbocycles. The van der Waals surface area contributed by atoms with Gasteiger partial charge in [-0.2, -0.15) is 0 Å². The summed E-state index contributed by atoms with van der Waals surface area (Å²) in [5, 5.41) is 10.1. The number of unbranched alkanes of at least 4 members (excludes halogenated alkanes) is 7. The predicted octanol–water partition coefficient (Wildman–Crippen LogP) is 4.30. The molecule has 1 saturated heterocycles. The Morgan fingerprint density at radius 3 is 2.22 bits per heavy atom. The normalized spacial score (nSPS) is 25.5. The van der Waals surface area contributed by atoms with E-state index >= 15 is 0 Å². The predicted molar refractivity (Wildman–Crippen MR) is 76.8 cm³/mol. The summed E-state index contributed by atoms with van der Waals surface area (Å²) < 4.78 is 5.51. The zero-order valence-corrected chi connectivity index (χ0v) is 12.4. The smallest absolute Gasteiger partial charge is 0.0591 e. The van der Waals surface area contributed by atoms with Crippen molar-refractivity contribution < 1.29 is 9.84 Å². The third-order valence-electron chi connectivity index (χ3n) is 4.13. The highest BCUT2D eigenvalue weighted by molar-refractivity contribution is 4.76. The molecule has 2 heteroatoms. The summed E-state index contributed by atoms with van der Waals surface area (Å²) in [6, 6.07) is 0. The average Bonchev–Trinajstić information content (AvgIpc) is 2.79. The fourth-order valence-electron chi connectivity index (χ4n) is 2.84. The maximum absolute atomic E-state index is 10.1. The summed E-state index contributed by atoms with van der Waals surface area (Å²) in [4.78, 5) is 0. The Kier molecular flexibility index (Phi) is 8.70. The molecule has 1 aliphatic heterocycles. The molecule has 0 bridgehead atoms. The standard InChI is InChI=1S/C16H32O2/c1-3-4-5-6-7-8-9-10-11-16(17)15-12-14(2)18-13-15/h14-17H,3-13H2,1-2H3. The van der Waals surface area contributed by atoms with Crippen LogP contribution < -0.4 is 0 Å². The number of aliphatic hydroxyl groups excluding tert-OH is 1. The van der Waals surface area contributed by atoms with E-state index in [1.165, 1.54) is 51.4 Å². The molecule has 0 aromatic carbocycles. The molecule has 0 spiro atoms. The van der Waals surface area contributed by atoms with Gasteiger partial charge in [0.15, 0.2) is 0 Å². The van der Waals surface area contributed by atoms with Crippen molar-refractivity contribution in [2.24, 2.45) is 5.92 Å². The molecule has 1 aliphatic rings. The minimum atomic E-state index is -0.130. The first kappa shape index (κ1) is 16.0. The Labute approximate surface area is 113 Å². The largest absolute Gasteiger partial charge is 0.393 e. The van der Waals surface area contributed by atoms with Crippen molar-refractivity contribution in [2.75, 3.05) is 6.61 Å². The van der Waals surface area contributed by atoms with Gasteiger partial charge in [-0.3, -0.25) is 0 Å². The second kappa shape index (κ2) is 9.80. The minimum absolute atomic E-state index is 0.130. The molecular formula is C16H32O2. The Bertz CT molecular complexity index is 194. The third-order valence-corrected chi connectivity index (χ3v) is 4.13. The van der Waals surface area contributed by atoms with E-state index in [1.54, 1.807) is 0 Å². The van der Waals surface area contributed by atoms with Crippen molar-refractivity contribution in [1.29, 1.82) is 0 Å². The van der Waals surface area contributed by atoms with Gasteiger partial charge in [0, 0.05) is 5.92 Å². The van der Waals surface area contributed by atoms with E-state index in [0.29, 0.717) is 12.0 Å². The number of rotatable bonds is 10. The molecule has 3 unspecified atom stereocenters. The Hall–Kier alpha value is -0.0800. The van der Waals surface area contributed by atoms with Gasteiger partial charge in [0.1, 0.15) is 0 Å². The van der Waals surface area contributed by atoms with Crippen LogP contribution in [0.3, 0.4) is 0 Å². The summed E-state index contributed by atoms with van der Waals surface area (Å²) in [6.45, 7) is 5.12. The van der Waals surface area contributed by atoms with E-state index in [9.17, 15) is 5.11 Å². The molecule has 0 aromatic rings. The van der Waals surface area contributed by atoms with Gasteiger partial charge in [-0.05, 0) is 19.8 Å². The number of hydrogen-bond donors (Lipinski definition) is 1. The van der Waals surface area contributed by atoms with Crippen LogP contribution in [0.2, 0.25) is 0 Å². The zero-order chi connectivity index (χ0) is 13.2. The van der Waals surface area contributed by atoms with Crippen LogP contribution in [-0.2, 0) is 4.74 Å². The van der Waals surface area contributed by atoms with E-state index in [2.05, 4.69) is 13.8 Å². The van der Waals surface area contributed by atoms with Gasteiger partial charge in [-0.1, -0.05) is 58.3 Å². The quantitative estimate of drug-likeness (QED) is 0.590. The first-order valence-corrected chi connectivity index (χ1v) is 8.03. The zero-order valence-electron chi connectivity index (χ0n) is 12.4. The minimum Gasteiger partial charge on any atom is -0.393 e. The number of hydrogen-bond acceptors (Lipinski definition) is 2. The summed E-state index contributed by atoms with van der Waals surface area (Å²) >= 11 is 0. The average molecular weight is 256 g/mol. The van der Waals surface area contributed by atoms with Crippen LogP contribution in [0.4, 0.5) is 0 Å². The SMILES string of the molecule is CCCCCCCCCCC(O)C1COC(C)C1. The van der Waals surface area contributed by atoms with Crippen molar-refractivity contribution >= 4 is 0 Å². The topological polar surface area (TPSA) is 29.5 Å². The Balaban J connectivity index is 1.88. The van der Waals surface area contributed by atoms with Crippen LogP contribution in [0.5, 0.6) is 0 Å². The molecule has 1 fully saturated rings. The van der Waals surface area contributed by atoms with Gasteiger partial charge in [-0.25, -0.2) is 0 Å². The molecule has 0 aromatic heterocycles. The van der Waals surface area contributed by atoms with Crippen LogP contribution in [0.25, 0.3) is 0 Å². The number of ether oxygens (including phenoxy) is 1. The van der Waals surface area contributed by atoms with Gasteiger partial charge in [0.2, 0.25) is 0 Å². The van der Waals surface area contributed by atoms with E-state index in [1.807, 2.05) is 0 Å². The Morgan fingerprint density at radius 1 is 1.06 bits per heavy atom. The molecule has 18 heavy (non-hydrogen) atoms. The molecule has 3 atom stereocenters. The monoisotopic (exact) mass is 256 g/mol. The van der Waals surface area contributed by atoms with Crippen LogP contribution in [-0.4, -0.2) is 23.9 Å². The van der Waals surface area contributed by atoms with Crippen molar-refractivity contribution in [3.63, 3.8) is 0 Å². The third kappa shape index (κ3) is 6.75. The molecule has 2 nitrogen and oxygen atoms in total. The van der Waals surface area contributed by atoms with Gasteiger partial charge < -0.3 is 9.84 Å². The van der Waals surface area contributed by atoms with Crippen LogP contribution in [0.1, 0.15) is 78.1 Å². The molecule has 0 amide bonds. The van der Waals surface area contributed by atoms with Gasteiger partial charge >= 0.3 is 0 Å². The lowest BCUT2D eigenvalue weighted by molar-refractivity contribution is 0.0739. The maximum atomic E-state index is 10.1. The highest BCUT2D eigenvalue weighted by Crippen LogP contribution is 2.25. The highest BCUT2D eigenvalue weighted by atomic mass is 16.5. The summed E-state index contributed by atoms with van der Waals surface area (Å²) in [5.74, 6) is 0.393. The second-order valence-corrected chi connectivity index (χ2v) is 5.97. The van der Waals surface area contributed by atoms with Crippen molar-refractivity contribution in [1.82, 2.24) is 0 Å². The molecule has 108 valence electrons. The van der Waals surface area contributed by atoms with E-state index in [4.69, 9.17) is 4.74 Å². The summed E-state index contributed by atoms with van der Waals surface area (Å²) in [7, 11) is 0. The van der Waals surface area contributed by atoms with Crippen molar-refractivity contribution in [3.8, 4) is 0 Å². The molecule has 0 saturated carbocycles. The van der Waals surface area contributed by atoms with Crippen LogP contribution >= 0.6 is 0 Å². The van der Waals surface area contributed by atoms with E-state index < -0.39 is 0 Å². The van der Waals surface area contributed by atoms with E-state index in [0.717, 1.165) is 19.4 Å². The van der Waals surface area contributed by atoms with Gasteiger partial charge in [0.05, 0.1) is 18.8 Å². The van der Waals surface area contributed by atoms with Crippen LogP contribution in [0, 0.1) is 5.92 Å². The number of aliphatic hydroxyl groups is 1. The lowest BCUT2D eigenvalue weighted by Gasteiger charge is -2.16. The van der Waals surface area contributed by atoms with E-state index in [-0.39, 0.29) is 6.10 Å². The lowest BCUT2D eigenvalue weighted by Crippen LogP contribution is -2.20. The molecule has 1 heterocycles. The Morgan fingerprint density at radius 2 is 1.67 bits per heavy atom. The lowest BCUT2D eigenvalue weighted by atomic mass is 9.95. The molecular weight excluding hydrogens is 224 g/mol.